The second-order valence-electron chi connectivity index (χ2n) is 8.87. The van der Waals surface area contributed by atoms with Crippen molar-refractivity contribution in [3.05, 3.63) is 70.7 Å². The summed E-state index contributed by atoms with van der Waals surface area (Å²) in [5, 5.41) is 0.414. The Balaban J connectivity index is 1.47. The van der Waals surface area contributed by atoms with Crippen molar-refractivity contribution in [3.63, 3.8) is 0 Å². The maximum atomic E-state index is 13.6. The molecule has 3 aromatic rings. The van der Waals surface area contributed by atoms with Gasteiger partial charge in [0.15, 0.2) is 9.84 Å². The molecular weight excluding hydrogens is 527 g/mol. The standard InChI is InChI=1S/C23H25FN4O5S3/c1-35(29,30)27-9-10-28(21(13-27)16-2-4-17(24)5-3-16)20-8-11-33-22-12-18(6-7-19(20)22)36(31,32)14-23-25-15-26-34-23/h2-7,12,15,20-21H,8-11,13-14H2,1H3/t20-,21-/m0/s1. The number of nitrogens with zero attached hydrogens (tertiary/aromatic N) is 4. The van der Waals surface area contributed by atoms with E-state index in [1.807, 2.05) is 0 Å². The average molecular weight is 553 g/mol. The highest BCUT2D eigenvalue weighted by Gasteiger charge is 2.38. The van der Waals surface area contributed by atoms with Crippen molar-refractivity contribution >= 4 is 31.4 Å². The highest BCUT2D eigenvalue weighted by Crippen LogP contribution is 2.42. The molecule has 0 unspecified atom stereocenters. The predicted octanol–water partition coefficient (Wildman–Crippen LogP) is 2.79. The molecule has 2 aliphatic heterocycles. The van der Waals surface area contributed by atoms with E-state index < -0.39 is 19.9 Å². The van der Waals surface area contributed by atoms with Crippen molar-refractivity contribution in [2.24, 2.45) is 0 Å². The van der Waals surface area contributed by atoms with Crippen LogP contribution in [0.1, 0.15) is 34.6 Å². The van der Waals surface area contributed by atoms with Crippen molar-refractivity contribution in [1.82, 2.24) is 18.6 Å². The summed E-state index contributed by atoms with van der Waals surface area (Å²) in [6.45, 7) is 1.43. The zero-order valence-corrected chi connectivity index (χ0v) is 21.9. The van der Waals surface area contributed by atoms with Gasteiger partial charge in [0.2, 0.25) is 10.0 Å². The highest BCUT2D eigenvalue weighted by molar-refractivity contribution is 7.90. The van der Waals surface area contributed by atoms with Crippen molar-refractivity contribution in [3.8, 4) is 5.75 Å². The van der Waals surface area contributed by atoms with E-state index in [0.717, 1.165) is 22.7 Å². The van der Waals surface area contributed by atoms with E-state index in [-0.39, 0.29) is 35.1 Å². The summed E-state index contributed by atoms with van der Waals surface area (Å²) < 4.78 is 75.3. The van der Waals surface area contributed by atoms with E-state index in [1.165, 1.54) is 29.0 Å². The first-order valence-electron chi connectivity index (χ1n) is 11.3. The number of ether oxygens (including phenoxy) is 1. The number of benzene rings is 2. The Morgan fingerprint density at radius 3 is 2.56 bits per heavy atom. The molecule has 1 fully saturated rings. The summed E-state index contributed by atoms with van der Waals surface area (Å²) in [6.07, 6.45) is 3.18. The Morgan fingerprint density at radius 1 is 1.08 bits per heavy atom. The number of aromatic nitrogens is 2. The fraction of sp³-hybridized carbons (Fsp3) is 0.391. The Kier molecular flexibility index (Phi) is 6.85. The number of hydrogen-bond donors (Lipinski definition) is 0. The van der Waals surface area contributed by atoms with Crippen LogP contribution in [0.2, 0.25) is 0 Å². The molecule has 0 radical (unpaired) electrons. The topological polar surface area (TPSA) is 110 Å². The van der Waals surface area contributed by atoms with E-state index in [1.54, 1.807) is 30.3 Å². The second-order valence-corrected chi connectivity index (χ2v) is 13.7. The van der Waals surface area contributed by atoms with E-state index in [4.69, 9.17) is 4.74 Å². The summed E-state index contributed by atoms with van der Waals surface area (Å²) in [6, 6.07) is 10.6. The minimum Gasteiger partial charge on any atom is -0.493 e. The third kappa shape index (κ3) is 5.16. The molecule has 0 amide bonds. The average Bonchev–Trinajstić information content (AvgIpc) is 3.35. The van der Waals surface area contributed by atoms with Gasteiger partial charge in [-0.15, -0.1) is 0 Å². The molecule has 0 bridgehead atoms. The molecule has 0 saturated carbocycles. The number of sulfonamides is 1. The monoisotopic (exact) mass is 552 g/mol. The Labute approximate surface area is 213 Å². The van der Waals surface area contributed by atoms with Crippen LogP contribution in [0.4, 0.5) is 4.39 Å². The molecule has 9 nitrogen and oxygen atoms in total. The molecule has 2 atom stereocenters. The SMILES string of the molecule is CS(=O)(=O)N1CCN([C@H]2CCOc3cc(S(=O)(=O)Cc4ncns4)ccc32)[C@H](c2ccc(F)cc2)C1. The first-order valence-corrected chi connectivity index (χ1v) is 15.6. The molecule has 5 rings (SSSR count). The molecule has 2 aliphatic rings. The zero-order valence-electron chi connectivity index (χ0n) is 19.4. The maximum absolute atomic E-state index is 13.6. The molecule has 0 N–H and O–H groups in total. The molecule has 0 aliphatic carbocycles. The van der Waals surface area contributed by atoms with Crippen molar-refractivity contribution in [2.75, 3.05) is 32.5 Å². The lowest BCUT2D eigenvalue weighted by Crippen LogP contribution is -2.51. The normalized spacial score (nSPS) is 21.6. The van der Waals surface area contributed by atoms with Crippen LogP contribution < -0.4 is 4.74 Å². The summed E-state index contributed by atoms with van der Waals surface area (Å²) in [5.41, 5.74) is 1.66. The van der Waals surface area contributed by atoms with Gasteiger partial charge >= 0.3 is 0 Å². The molecule has 3 heterocycles. The van der Waals surface area contributed by atoms with Gasteiger partial charge in [0.05, 0.1) is 17.8 Å². The van der Waals surface area contributed by atoms with Crippen LogP contribution in [0.5, 0.6) is 5.75 Å². The number of fused-ring (bicyclic) bond motifs is 1. The summed E-state index contributed by atoms with van der Waals surface area (Å²) in [5.74, 6) is -0.104. The Hall–Kier alpha value is -2.45. The predicted molar refractivity (Wildman–Crippen MR) is 132 cm³/mol. The van der Waals surface area contributed by atoms with Crippen LogP contribution in [0.3, 0.4) is 0 Å². The van der Waals surface area contributed by atoms with Crippen LogP contribution in [0.15, 0.2) is 53.7 Å². The van der Waals surface area contributed by atoms with Crippen LogP contribution >= 0.6 is 11.5 Å². The minimum absolute atomic E-state index is 0.120. The fourth-order valence-corrected chi connectivity index (χ4v) is 7.76. The van der Waals surface area contributed by atoms with E-state index in [2.05, 4.69) is 14.3 Å². The zero-order chi connectivity index (χ0) is 25.5. The van der Waals surface area contributed by atoms with Crippen molar-refractivity contribution in [2.45, 2.75) is 29.2 Å². The lowest BCUT2D eigenvalue weighted by atomic mass is 9.94. The van der Waals surface area contributed by atoms with Gasteiger partial charge in [0.1, 0.15) is 28.7 Å². The Bertz CT molecular complexity index is 1450. The van der Waals surface area contributed by atoms with Crippen LogP contribution in [0, 0.1) is 5.82 Å². The molecular formula is C23H25FN4O5S3. The van der Waals surface area contributed by atoms with E-state index in [9.17, 15) is 21.2 Å². The van der Waals surface area contributed by atoms with Gasteiger partial charge in [0.25, 0.3) is 0 Å². The van der Waals surface area contributed by atoms with E-state index >= 15 is 0 Å². The number of sulfone groups is 1. The first-order chi connectivity index (χ1) is 17.1. The third-order valence-electron chi connectivity index (χ3n) is 6.58. The summed E-state index contributed by atoms with van der Waals surface area (Å²) >= 11 is 1.04. The number of piperazine rings is 1. The molecule has 192 valence electrons. The maximum Gasteiger partial charge on any atom is 0.211 e. The second kappa shape index (κ2) is 9.78. The lowest BCUT2D eigenvalue weighted by Gasteiger charge is -2.46. The Morgan fingerprint density at radius 2 is 1.86 bits per heavy atom. The number of rotatable bonds is 6. The summed E-state index contributed by atoms with van der Waals surface area (Å²) in [4.78, 5) is 6.33. The molecule has 13 heteroatoms. The highest BCUT2D eigenvalue weighted by atomic mass is 32.2. The molecule has 0 spiro atoms. The van der Waals surface area contributed by atoms with Crippen LogP contribution in [-0.2, 0) is 25.6 Å². The molecule has 1 aromatic heterocycles. The van der Waals surface area contributed by atoms with E-state index in [0.29, 0.717) is 36.9 Å². The number of hydrogen-bond acceptors (Lipinski definition) is 9. The van der Waals surface area contributed by atoms with Crippen molar-refractivity contribution < 1.29 is 26.0 Å². The van der Waals surface area contributed by atoms with Crippen LogP contribution in [0.25, 0.3) is 0 Å². The molecule has 1 saturated heterocycles. The lowest BCUT2D eigenvalue weighted by molar-refractivity contribution is 0.0508. The van der Waals surface area contributed by atoms with Gasteiger partial charge in [-0.2, -0.15) is 8.68 Å². The quantitative estimate of drug-likeness (QED) is 0.459. The van der Waals surface area contributed by atoms with Gasteiger partial charge in [-0.25, -0.2) is 26.2 Å². The smallest absolute Gasteiger partial charge is 0.211 e. The van der Waals surface area contributed by atoms with Gasteiger partial charge in [-0.3, -0.25) is 4.90 Å². The van der Waals surface area contributed by atoms with Crippen LogP contribution in [-0.4, -0.2) is 67.9 Å². The molecule has 2 aromatic carbocycles. The minimum atomic E-state index is -3.64. The molecule has 36 heavy (non-hydrogen) atoms. The summed E-state index contributed by atoms with van der Waals surface area (Å²) in [7, 11) is -7.04. The van der Waals surface area contributed by atoms with Crippen molar-refractivity contribution in [1.29, 1.82) is 0 Å². The first kappa shape index (κ1) is 25.2. The van der Waals surface area contributed by atoms with Gasteiger partial charge < -0.3 is 4.74 Å². The van der Waals surface area contributed by atoms with Gasteiger partial charge in [-0.05, 0) is 41.4 Å². The fourth-order valence-electron chi connectivity index (χ4n) is 4.82. The largest absolute Gasteiger partial charge is 0.493 e. The van der Waals surface area contributed by atoms with Gasteiger partial charge in [-0.1, -0.05) is 18.2 Å². The third-order valence-corrected chi connectivity index (χ3v) is 10.3. The van der Waals surface area contributed by atoms with Gasteiger partial charge in [0, 0.05) is 43.7 Å². The number of halogens is 1.